The highest BCUT2D eigenvalue weighted by atomic mass is 79.9. The monoisotopic (exact) mass is 337 g/mol. The van der Waals surface area contributed by atoms with Gasteiger partial charge in [-0.3, -0.25) is 0 Å². The molecule has 0 unspecified atom stereocenters. The maximum Gasteiger partial charge on any atom is 0.355 e. The number of hydrogen-bond donors (Lipinski definition) is 1. The van der Waals surface area contributed by atoms with Crippen molar-refractivity contribution in [1.82, 2.24) is 4.57 Å². The molecule has 0 amide bonds. The fourth-order valence-corrected chi connectivity index (χ4v) is 2.55. The number of carboxylic acid groups (broad SMARTS) is 1. The van der Waals surface area contributed by atoms with E-state index >= 15 is 0 Å². The van der Waals surface area contributed by atoms with E-state index in [0.717, 1.165) is 6.04 Å². The van der Waals surface area contributed by atoms with Crippen LogP contribution < -0.4 is 0 Å². The lowest BCUT2D eigenvalue weighted by atomic mass is 10.4. The van der Waals surface area contributed by atoms with E-state index in [1.54, 1.807) is 0 Å². The van der Waals surface area contributed by atoms with Crippen LogP contribution >= 0.6 is 15.9 Å². The lowest BCUT2D eigenvalue weighted by Crippen LogP contribution is -2.22. The minimum absolute atomic E-state index is 0.0502. The smallest absolute Gasteiger partial charge is 0.355 e. The first-order valence-corrected chi connectivity index (χ1v) is 10.1. The summed E-state index contributed by atoms with van der Waals surface area (Å²) in [4.78, 5) is 10.9. The number of nitrogens with zero attached hydrogens (tertiary/aromatic N) is 1. The summed E-state index contributed by atoms with van der Waals surface area (Å²) in [6.07, 6.45) is 1.38. The first-order valence-electron chi connectivity index (χ1n) is 5.57. The van der Waals surface area contributed by atoms with Crippen molar-refractivity contribution in [3.8, 4) is 0 Å². The Morgan fingerprint density at radius 2 is 2.17 bits per heavy atom. The van der Waals surface area contributed by atoms with Gasteiger partial charge in [-0.2, -0.15) is 0 Å². The summed E-state index contributed by atoms with van der Waals surface area (Å²) in [6.45, 7) is 7.29. The van der Waals surface area contributed by atoms with Gasteiger partial charge in [-0.1, -0.05) is 19.6 Å². The van der Waals surface area contributed by atoms with Crippen LogP contribution in [0.4, 0.5) is 4.39 Å². The van der Waals surface area contributed by atoms with E-state index in [0.29, 0.717) is 6.61 Å². The summed E-state index contributed by atoms with van der Waals surface area (Å²) in [7, 11) is -1.17. The zero-order valence-electron chi connectivity index (χ0n) is 10.7. The Labute approximate surface area is 115 Å². The summed E-state index contributed by atoms with van der Waals surface area (Å²) in [5.41, 5.74) is -0.380. The van der Waals surface area contributed by atoms with E-state index in [2.05, 4.69) is 35.6 Å². The molecule has 0 aromatic carbocycles. The zero-order valence-corrected chi connectivity index (χ0v) is 13.3. The number of hydrogen-bond acceptors (Lipinski definition) is 2. The van der Waals surface area contributed by atoms with E-state index in [-0.39, 0.29) is 16.9 Å². The minimum atomic E-state index is -1.30. The van der Waals surface area contributed by atoms with Crippen LogP contribution in [-0.4, -0.2) is 30.3 Å². The van der Waals surface area contributed by atoms with Crippen molar-refractivity contribution in [2.75, 3.05) is 6.61 Å². The van der Waals surface area contributed by atoms with E-state index in [9.17, 15) is 9.18 Å². The molecule has 18 heavy (non-hydrogen) atoms. The molecule has 0 aliphatic heterocycles. The standard InChI is InChI=1S/C11H17BrFNO3Si/c1-18(2,3)5-4-17-7-14-6-8(12)9(13)10(14)11(15)16/h6H,4-5,7H2,1-3H3,(H,15,16). The molecule has 1 rings (SSSR count). The molecular formula is C11H17BrFNO3Si. The van der Waals surface area contributed by atoms with Crippen LogP contribution in [0, 0.1) is 5.82 Å². The van der Waals surface area contributed by atoms with Crippen LogP contribution in [0.2, 0.25) is 25.7 Å². The summed E-state index contributed by atoms with van der Waals surface area (Å²) < 4.78 is 20.3. The number of aromatic nitrogens is 1. The maximum absolute atomic E-state index is 13.5. The largest absolute Gasteiger partial charge is 0.476 e. The number of carboxylic acids is 1. The molecule has 0 aliphatic carbocycles. The van der Waals surface area contributed by atoms with Gasteiger partial charge in [0.25, 0.3) is 0 Å². The summed E-state index contributed by atoms with van der Waals surface area (Å²) in [5.74, 6) is -2.07. The Kier molecular flexibility index (Phi) is 5.12. The molecule has 0 saturated carbocycles. The van der Waals surface area contributed by atoms with Crippen molar-refractivity contribution in [2.24, 2.45) is 0 Å². The second kappa shape index (κ2) is 5.99. The lowest BCUT2D eigenvalue weighted by Gasteiger charge is -2.15. The fourth-order valence-electron chi connectivity index (χ4n) is 1.36. The van der Waals surface area contributed by atoms with Gasteiger partial charge in [-0.05, 0) is 22.0 Å². The van der Waals surface area contributed by atoms with Crippen molar-refractivity contribution in [1.29, 1.82) is 0 Å². The number of halogens is 2. The maximum atomic E-state index is 13.5. The summed E-state index contributed by atoms with van der Waals surface area (Å²) >= 11 is 2.97. The molecule has 7 heteroatoms. The number of rotatable bonds is 6. The molecule has 0 saturated heterocycles. The molecule has 1 heterocycles. The third kappa shape index (κ3) is 4.22. The topological polar surface area (TPSA) is 51.5 Å². The molecule has 102 valence electrons. The summed E-state index contributed by atoms with van der Waals surface area (Å²) in [5, 5.41) is 8.92. The normalized spacial score (nSPS) is 11.8. The fraction of sp³-hybridized carbons (Fsp3) is 0.545. The first-order chi connectivity index (χ1) is 8.22. The van der Waals surface area contributed by atoms with Gasteiger partial charge in [0.1, 0.15) is 6.73 Å². The van der Waals surface area contributed by atoms with Crippen molar-refractivity contribution < 1.29 is 19.0 Å². The summed E-state index contributed by atoms with van der Waals surface area (Å²) in [6, 6.07) is 0.986. The molecule has 0 bridgehead atoms. The van der Waals surface area contributed by atoms with E-state index in [4.69, 9.17) is 9.84 Å². The average molecular weight is 338 g/mol. The van der Waals surface area contributed by atoms with Crippen LogP contribution in [0.15, 0.2) is 10.7 Å². The van der Waals surface area contributed by atoms with Crippen molar-refractivity contribution in [3.05, 3.63) is 22.2 Å². The van der Waals surface area contributed by atoms with E-state index in [1.807, 2.05) is 0 Å². The Morgan fingerprint density at radius 3 is 2.67 bits per heavy atom. The van der Waals surface area contributed by atoms with Crippen LogP contribution in [0.3, 0.4) is 0 Å². The Bertz CT molecular complexity index is 442. The van der Waals surface area contributed by atoms with Crippen LogP contribution in [0.5, 0.6) is 0 Å². The average Bonchev–Trinajstić information content (AvgIpc) is 2.48. The molecule has 1 aromatic heterocycles. The molecule has 0 radical (unpaired) electrons. The highest BCUT2D eigenvalue weighted by Gasteiger charge is 2.20. The highest BCUT2D eigenvalue weighted by molar-refractivity contribution is 9.10. The SMILES string of the molecule is C[Si](C)(C)CCOCn1cc(Br)c(F)c1C(=O)O. The first kappa shape index (κ1) is 15.4. The van der Waals surface area contributed by atoms with Crippen LogP contribution in [0.1, 0.15) is 10.5 Å². The molecule has 1 N–H and O–H groups in total. The Morgan fingerprint density at radius 1 is 1.56 bits per heavy atom. The zero-order chi connectivity index (χ0) is 13.9. The van der Waals surface area contributed by atoms with E-state index < -0.39 is 19.9 Å². The van der Waals surface area contributed by atoms with Crippen molar-refractivity contribution in [3.63, 3.8) is 0 Å². The molecule has 4 nitrogen and oxygen atoms in total. The van der Waals surface area contributed by atoms with Crippen LogP contribution in [-0.2, 0) is 11.5 Å². The Balaban J connectivity index is 2.63. The molecule has 0 aliphatic rings. The Hall–Kier alpha value is -0.663. The van der Waals surface area contributed by atoms with Gasteiger partial charge in [-0.15, -0.1) is 0 Å². The molecule has 1 aromatic rings. The highest BCUT2D eigenvalue weighted by Crippen LogP contribution is 2.21. The molecular weight excluding hydrogens is 321 g/mol. The van der Waals surface area contributed by atoms with Crippen molar-refractivity contribution in [2.45, 2.75) is 32.4 Å². The van der Waals surface area contributed by atoms with Gasteiger partial charge in [0.2, 0.25) is 0 Å². The van der Waals surface area contributed by atoms with Gasteiger partial charge in [0, 0.05) is 20.9 Å². The second-order valence-electron chi connectivity index (χ2n) is 5.26. The van der Waals surface area contributed by atoms with Gasteiger partial charge in [-0.25, -0.2) is 9.18 Å². The quantitative estimate of drug-likeness (QED) is 0.639. The van der Waals surface area contributed by atoms with Crippen LogP contribution in [0.25, 0.3) is 0 Å². The van der Waals surface area contributed by atoms with Gasteiger partial charge in [0.15, 0.2) is 11.5 Å². The predicted octanol–water partition coefficient (Wildman–Crippen LogP) is 3.40. The van der Waals surface area contributed by atoms with Gasteiger partial charge >= 0.3 is 5.97 Å². The lowest BCUT2D eigenvalue weighted by molar-refractivity contribution is 0.0615. The van der Waals surface area contributed by atoms with Crippen molar-refractivity contribution >= 4 is 30.0 Å². The third-order valence-corrected chi connectivity index (χ3v) is 4.66. The van der Waals surface area contributed by atoms with Gasteiger partial charge in [0.05, 0.1) is 4.47 Å². The molecule has 0 fully saturated rings. The third-order valence-electron chi connectivity index (χ3n) is 2.40. The number of carbonyl (C=O) groups is 1. The molecule has 0 spiro atoms. The second-order valence-corrected chi connectivity index (χ2v) is 11.7. The number of aromatic carboxylic acids is 1. The molecule has 0 atom stereocenters. The van der Waals surface area contributed by atoms with E-state index in [1.165, 1.54) is 10.8 Å². The van der Waals surface area contributed by atoms with Gasteiger partial charge < -0.3 is 14.4 Å². The predicted molar refractivity (Wildman–Crippen MR) is 73.2 cm³/mol. The number of ether oxygens (including phenoxy) is 1. The minimum Gasteiger partial charge on any atom is -0.476 e.